The number of nitrogens with two attached hydrogens (primary N) is 1. The fourth-order valence-electron chi connectivity index (χ4n) is 4.17. The Kier molecular flexibility index (Phi) is 3.38. The van der Waals surface area contributed by atoms with Crippen LogP contribution in [0.5, 0.6) is 0 Å². The predicted molar refractivity (Wildman–Crippen MR) is 79.0 cm³/mol. The average Bonchev–Trinajstić information content (AvgIpc) is 2.41. The van der Waals surface area contributed by atoms with E-state index < -0.39 is 0 Å². The van der Waals surface area contributed by atoms with E-state index in [2.05, 4.69) is 26.0 Å². The molecule has 0 bridgehead atoms. The van der Waals surface area contributed by atoms with Gasteiger partial charge in [0.05, 0.1) is 0 Å². The number of pyridine rings is 1. The van der Waals surface area contributed by atoms with Gasteiger partial charge >= 0.3 is 0 Å². The van der Waals surface area contributed by atoms with E-state index in [9.17, 15) is 0 Å². The van der Waals surface area contributed by atoms with Crippen LogP contribution in [0.3, 0.4) is 0 Å². The largest absolute Gasteiger partial charge is 0.327 e. The first-order chi connectivity index (χ1) is 9.07. The van der Waals surface area contributed by atoms with Crippen LogP contribution >= 0.6 is 0 Å². The van der Waals surface area contributed by atoms with E-state index >= 15 is 0 Å². The molecule has 2 N–H and O–H groups in total. The maximum atomic E-state index is 6.46. The Morgan fingerprint density at radius 2 is 2.16 bits per heavy atom. The van der Waals surface area contributed by atoms with Crippen molar-refractivity contribution in [1.82, 2.24) is 4.98 Å². The first-order valence-corrected chi connectivity index (χ1v) is 7.76. The molecule has 2 nitrogen and oxygen atoms in total. The number of nitrogens with zero attached hydrogens (tertiary/aromatic N) is 1. The highest BCUT2D eigenvalue weighted by atomic mass is 14.7. The zero-order chi connectivity index (χ0) is 13.5. The molecule has 0 saturated heterocycles. The van der Waals surface area contributed by atoms with Gasteiger partial charge in [0.15, 0.2) is 0 Å². The average molecular weight is 258 g/mol. The van der Waals surface area contributed by atoms with Crippen molar-refractivity contribution >= 4 is 0 Å². The van der Waals surface area contributed by atoms with Gasteiger partial charge in [0.1, 0.15) is 0 Å². The zero-order valence-electron chi connectivity index (χ0n) is 12.2. The van der Waals surface area contributed by atoms with Gasteiger partial charge in [-0.1, -0.05) is 19.9 Å². The summed E-state index contributed by atoms with van der Waals surface area (Å²) in [4.78, 5) is 4.70. The van der Waals surface area contributed by atoms with Crippen molar-refractivity contribution in [2.24, 2.45) is 17.1 Å². The second kappa shape index (κ2) is 4.90. The summed E-state index contributed by atoms with van der Waals surface area (Å²) >= 11 is 0. The monoisotopic (exact) mass is 258 g/mol. The van der Waals surface area contributed by atoms with Gasteiger partial charge < -0.3 is 5.73 Å². The third-order valence-corrected chi connectivity index (χ3v) is 5.25. The molecule has 0 amide bonds. The normalized spacial score (nSPS) is 33.7. The Bertz CT molecular complexity index is 452. The Morgan fingerprint density at radius 1 is 1.32 bits per heavy atom. The van der Waals surface area contributed by atoms with Crippen LogP contribution in [0, 0.1) is 11.3 Å². The number of rotatable bonds is 1. The number of hydrogen-bond donors (Lipinski definition) is 1. The lowest BCUT2D eigenvalue weighted by atomic mass is 9.63. The highest BCUT2D eigenvalue weighted by Crippen LogP contribution is 2.47. The van der Waals surface area contributed by atoms with E-state index in [0.717, 1.165) is 0 Å². The van der Waals surface area contributed by atoms with Crippen molar-refractivity contribution in [2.45, 2.75) is 64.3 Å². The van der Waals surface area contributed by atoms with Gasteiger partial charge in [-0.3, -0.25) is 4.98 Å². The van der Waals surface area contributed by atoms with Crippen LogP contribution in [0.1, 0.15) is 63.1 Å². The van der Waals surface area contributed by atoms with Crippen LogP contribution in [0.2, 0.25) is 0 Å². The first-order valence-electron chi connectivity index (χ1n) is 7.76. The van der Waals surface area contributed by atoms with Gasteiger partial charge in [0.2, 0.25) is 0 Å². The molecule has 1 aromatic heterocycles. The van der Waals surface area contributed by atoms with Gasteiger partial charge in [-0.15, -0.1) is 0 Å². The smallest absolute Gasteiger partial charge is 0.0469 e. The molecule has 1 aromatic rings. The summed E-state index contributed by atoms with van der Waals surface area (Å²) in [7, 11) is 0. The maximum absolute atomic E-state index is 6.46. The second-order valence-electron chi connectivity index (χ2n) is 7.28. The van der Waals surface area contributed by atoms with Crippen molar-refractivity contribution in [2.75, 3.05) is 0 Å². The zero-order valence-corrected chi connectivity index (χ0v) is 12.2. The molecular weight excluding hydrogens is 232 g/mol. The Morgan fingerprint density at radius 3 is 3.00 bits per heavy atom. The van der Waals surface area contributed by atoms with Crippen LogP contribution in [-0.2, 0) is 6.42 Å². The molecule has 0 spiro atoms. The molecule has 104 valence electrons. The number of fused-ring (bicyclic) bond motifs is 1. The molecule has 3 unspecified atom stereocenters. The van der Waals surface area contributed by atoms with E-state index in [1.54, 1.807) is 0 Å². The van der Waals surface area contributed by atoms with E-state index in [1.807, 2.05) is 6.20 Å². The van der Waals surface area contributed by atoms with Crippen LogP contribution in [0.4, 0.5) is 0 Å². The minimum Gasteiger partial charge on any atom is -0.327 e. The quantitative estimate of drug-likeness (QED) is 0.835. The van der Waals surface area contributed by atoms with E-state index in [1.165, 1.54) is 49.8 Å². The summed E-state index contributed by atoms with van der Waals surface area (Å²) in [5, 5.41) is 0. The molecule has 0 aromatic carbocycles. The van der Waals surface area contributed by atoms with Gasteiger partial charge in [-0.25, -0.2) is 0 Å². The molecule has 0 radical (unpaired) electrons. The SMILES string of the molecule is CC1(C)CCC(N)C(C2CCCc3cccnc32)C1. The van der Waals surface area contributed by atoms with E-state index in [4.69, 9.17) is 10.7 Å². The summed E-state index contributed by atoms with van der Waals surface area (Å²) in [6, 6.07) is 4.70. The summed E-state index contributed by atoms with van der Waals surface area (Å²) in [5.74, 6) is 1.22. The molecule has 1 saturated carbocycles. The first kappa shape index (κ1) is 13.1. The Hall–Kier alpha value is -0.890. The van der Waals surface area contributed by atoms with Crippen LogP contribution in [-0.4, -0.2) is 11.0 Å². The molecular formula is C17H26N2. The lowest BCUT2D eigenvalue weighted by Gasteiger charge is -2.44. The topological polar surface area (TPSA) is 38.9 Å². The van der Waals surface area contributed by atoms with Crippen molar-refractivity contribution < 1.29 is 0 Å². The minimum atomic E-state index is 0.367. The molecule has 0 aliphatic heterocycles. The standard InChI is InChI=1S/C17H26N2/c1-17(2)9-8-15(18)14(11-17)13-7-3-5-12-6-4-10-19-16(12)13/h4,6,10,13-15H,3,5,7-9,11,18H2,1-2H3. The number of aromatic nitrogens is 1. The summed E-state index contributed by atoms with van der Waals surface area (Å²) in [5.41, 5.74) is 9.73. The molecule has 2 aliphatic carbocycles. The van der Waals surface area contributed by atoms with E-state index in [-0.39, 0.29) is 0 Å². The van der Waals surface area contributed by atoms with Crippen LogP contribution in [0.25, 0.3) is 0 Å². The second-order valence-corrected chi connectivity index (χ2v) is 7.28. The Balaban J connectivity index is 1.90. The summed E-state index contributed by atoms with van der Waals surface area (Å²) in [6.07, 6.45) is 9.44. The lowest BCUT2D eigenvalue weighted by Crippen LogP contribution is -2.43. The van der Waals surface area contributed by atoms with Crippen molar-refractivity contribution in [1.29, 1.82) is 0 Å². The van der Waals surface area contributed by atoms with Crippen molar-refractivity contribution in [3.8, 4) is 0 Å². The number of aryl methyl sites for hydroxylation is 1. The predicted octanol–water partition coefficient (Wildman–Crippen LogP) is 3.66. The summed E-state index contributed by atoms with van der Waals surface area (Å²) < 4.78 is 0. The van der Waals surface area contributed by atoms with Crippen molar-refractivity contribution in [3.63, 3.8) is 0 Å². The molecule has 3 rings (SSSR count). The Labute approximate surface area is 116 Å². The van der Waals surface area contributed by atoms with Gasteiger partial charge in [0, 0.05) is 23.9 Å². The van der Waals surface area contributed by atoms with Crippen LogP contribution < -0.4 is 5.73 Å². The highest BCUT2D eigenvalue weighted by Gasteiger charge is 2.39. The van der Waals surface area contributed by atoms with Crippen molar-refractivity contribution in [3.05, 3.63) is 29.6 Å². The molecule has 2 aliphatic rings. The van der Waals surface area contributed by atoms with Gasteiger partial charge in [-0.2, -0.15) is 0 Å². The third kappa shape index (κ3) is 2.55. The van der Waals surface area contributed by atoms with Crippen LogP contribution in [0.15, 0.2) is 18.3 Å². The highest BCUT2D eigenvalue weighted by molar-refractivity contribution is 5.27. The summed E-state index contributed by atoms with van der Waals surface area (Å²) in [6.45, 7) is 4.79. The fraction of sp³-hybridized carbons (Fsp3) is 0.706. The van der Waals surface area contributed by atoms with Gasteiger partial charge in [0.25, 0.3) is 0 Å². The third-order valence-electron chi connectivity index (χ3n) is 5.25. The maximum Gasteiger partial charge on any atom is 0.0469 e. The molecule has 19 heavy (non-hydrogen) atoms. The van der Waals surface area contributed by atoms with E-state index in [0.29, 0.717) is 23.3 Å². The fourth-order valence-corrected chi connectivity index (χ4v) is 4.17. The molecule has 2 heteroatoms. The molecule has 3 atom stereocenters. The minimum absolute atomic E-state index is 0.367. The molecule has 1 fully saturated rings. The van der Waals surface area contributed by atoms with Gasteiger partial charge in [-0.05, 0) is 61.5 Å². The lowest BCUT2D eigenvalue weighted by molar-refractivity contribution is 0.129. The number of hydrogen-bond acceptors (Lipinski definition) is 2. The molecule has 1 heterocycles.